The number of nitrogens with two attached hydrogens (primary N) is 1. The second kappa shape index (κ2) is 5.13. The minimum Gasteiger partial charge on any atom is -0.329 e. The van der Waals surface area contributed by atoms with Gasteiger partial charge in [0.25, 0.3) is 0 Å². The third-order valence-corrected chi connectivity index (χ3v) is 3.69. The molecule has 2 N–H and O–H groups in total. The Balaban J connectivity index is 2.44. The van der Waals surface area contributed by atoms with Gasteiger partial charge in [0, 0.05) is 18.6 Å². The van der Waals surface area contributed by atoms with Crippen LogP contribution in [0.1, 0.15) is 46.5 Å². The predicted molar refractivity (Wildman–Crippen MR) is 62.3 cm³/mol. The van der Waals surface area contributed by atoms with E-state index < -0.39 is 0 Å². The van der Waals surface area contributed by atoms with Crippen molar-refractivity contribution in [3.63, 3.8) is 0 Å². The Hall–Kier alpha value is -0.0800. The van der Waals surface area contributed by atoms with Gasteiger partial charge in [0.05, 0.1) is 0 Å². The second-order valence-corrected chi connectivity index (χ2v) is 5.21. The van der Waals surface area contributed by atoms with Crippen LogP contribution >= 0.6 is 0 Å². The molecular formula is C12H26N2. The van der Waals surface area contributed by atoms with Crippen LogP contribution in [0.2, 0.25) is 0 Å². The van der Waals surface area contributed by atoms with Crippen LogP contribution in [0, 0.1) is 5.92 Å². The molecule has 0 aromatic heterocycles. The first-order valence-electron chi connectivity index (χ1n) is 6.05. The van der Waals surface area contributed by atoms with Crippen LogP contribution in [0.15, 0.2) is 0 Å². The molecule has 0 radical (unpaired) electrons. The third-order valence-electron chi connectivity index (χ3n) is 3.69. The highest BCUT2D eigenvalue weighted by Gasteiger charge is 2.27. The molecule has 1 rings (SSSR count). The molecule has 0 heterocycles. The Morgan fingerprint density at radius 1 is 1.29 bits per heavy atom. The second-order valence-electron chi connectivity index (χ2n) is 5.21. The fourth-order valence-electron chi connectivity index (χ4n) is 2.44. The third kappa shape index (κ3) is 2.96. The first-order chi connectivity index (χ1) is 6.60. The Morgan fingerprint density at radius 2 is 1.86 bits per heavy atom. The molecule has 0 atom stereocenters. The zero-order valence-electron chi connectivity index (χ0n) is 10.1. The summed E-state index contributed by atoms with van der Waals surface area (Å²) >= 11 is 0. The first-order valence-corrected chi connectivity index (χ1v) is 6.05. The van der Waals surface area contributed by atoms with E-state index in [1.165, 1.54) is 32.2 Å². The molecule has 1 aliphatic carbocycles. The van der Waals surface area contributed by atoms with Crippen molar-refractivity contribution in [1.29, 1.82) is 0 Å². The molecule has 84 valence electrons. The SMILES string of the molecule is CCN(CC1CCCC1)C(C)(C)CN. The summed E-state index contributed by atoms with van der Waals surface area (Å²) in [4.78, 5) is 2.54. The zero-order chi connectivity index (χ0) is 10.6. The lowest BCUT2D eigenvalue weighted by atomic mass is 9.99. The Morgan fingerprint density at radius 3 is 2.29 bits per heavy atom. The van der Waals surface area contributed by atoms with E-state index in [0.29, 0.717) is 0 Å². The van der Waals surface area contributed by atoms with Gasteiger partial charge in [0.15, 0.2) is 0 Å². The van der Waals surface area contributed by atoms with Gasteiger partial charge in [0.1, 0.15) is 0 Å². The smallest absolute Gasteiger partial charge is 0.0275 e. The van der Waals surface area contributed by atoms with Crippen LogP contribution in [0.5, 0.6) is 0 Å². The van der Waals surface area contributed by atoms with E-state index in [2.05, 4.69) is 25.7 Å². The maximum atomic E-state index is 5.82. The van der Waals surface area contributed by atoms with E-state index in [0.717, 1.165) is 19.0 Å². The Labute approximate surface area is 88.8 Å². The molecule has 0 spiro atoms. The summed E-state index contributed by atoms with van der Waals surface area (Å²) in [7, 11) is 0. The number of hydrogen-bond acceptors (Lipinski definition) is 2. The predicted octanol–water partition coefficient (Wildman–Crippen LogP) is 2.24. The first kappa shape index (κ1) is 12.0. The lowest BCUT2D eigenvalue weighted by Gasteiger charge is -2.38. The summed E-state index contributed by atoms with van der Waals surface area (Å²) < 4.78 is 0. The van der Waals surface area contributed by atoms with Crippen LogP contribution in [-0.2, 0) is 0 Å². The van der Waals surface area contributed by atoms with Crippen LogP contribution in [0.25, 0.3) is 0 Å². The Kier molecular flexibility index (Phi) is 4.39. The largest absolute Gasteiger partial charge is 0.329 e. The van der Waals surface area contributed by atoms with Gasteiger partial charge in [-0.25, -0.2) is 0 Å². The number of rotatable bonds is 5. The van der Waals surface area contributed by atoms with Gasteiger partial charge in [-0.3, -0.25) is 4.90 Å². The summed E-state index contributed by atoms with van der Waals surface area (Å²) in [5.41, 5.74) is 5.99. The lowest BCUT2D eigenvalue weighted by molar-refractivity contribution is 0.112. The molecule has 0 aromatic carbocycles. The van der Waals surface area contributed by atoms with Gasteiger partial charge < -0.3 is 5.73 Å². The maximum absolute atomic E-state index is 5.82. The van der Waals surface area contributed by atoms with Gasteiger partial charge in [-0.1, -0.05) is 19.8 Å². The van der Waals surface area contributed by atoms with Crippen molar-refractivity contribution in [2.45, 2.75) is 52.0 Å². The highest BCUT2D eigenvalue weighted by molar-refractivity contribution is 4.84. The molecule has 14 heavy (non-hydrogen) atoms. The van der Waals surface area contributed by atoms with E-state index in [-0.39, 0.29) is 5.54 Å². The fourth-order valence-corrected chi connectivity index (χ4v) is 2.44. The molecule has 0 aromatic rings. The summed E-state index contributed by atoms with van der Waals surface area (Å²) in [5, 5.41) is 0. The van der Waals surface area contributed by atoms with Gasteiger partial charge in [-0.2, -0.15) is 0 Å². The molecule has 1 fully saturated rings. The van der Waals surface area contributed by atoms with Crippen molar-refractivity contribution >= 4 is 0 Å². The molecule has 1 saturated carbocycles. The van der Waals surface area contributed by atoms with Crippen molar-refractivity contribution in [3.8, 4) is 0 Å². The molecule has 2 heteroatoms. The fraction of sp³-hybridized carbons (Fsp3) is 1.00. The standard InChI is InChI=1S/C12H26N2/c1-4-14(12(2,3)10-13)9-11-7-5-6-8-11/h11H,4-10,13H2,1-3H3. The van der Waals surface area contributed by atoms with Crippen LogP contribution in [0.4, 0.5) is 0 Å². The molecule has 0 bridgehead atoms. The summed E-state index contributed by atoms with van der Waals surface area (Å²) in [6.45, 7) is 9.89. The summed E-state index contributed by atoms with van der Waals surface area (Å²) in [6, 6.07) is 0. The number of nitrogens with zero attached hydrogens (tertiary/aromatic N) is 1. The van der Waals surface area contributed by atoms with E-state index in [1.807, 2.05) is 0 Å². The summed E-state index contributed by atoms with van der Waals surface area (Å²) in [6.07, 6.45) is 5.73. The molecule has 0 saturated heterocycles. The van der Waals surface area contributed by atoms with E-state index >= 15 is 0 Å². The van der Waals surface area contributed by atoms with E-state index in [4.69, 9.17) is 5.73 Å². The highest BCUT2D eigenvalue weighted by atomic mass is 15.2. The minimum atomic E-state index is 0.178. The van der Waals surface area contributed by atoms with Crippen molar-refractivity contribution < 1.29 is 0 Å². The van der Waals surface area contributed by atoms with E-state index in [1.54, 1.807) is 0 Å². The molecule has 2 nitrogen and oxygen atoms in total. The van der Waals surface area contributed by atoms with Crippen LogP contribution < -0.4 is 5.73 Å². The highest BCUT2D eigenvalue weighted by Crippen LogP contribution is 2.27. The average Bonchev–Trinajstić information content (AvgIpc) is 2.66. The normalized spacial score (nSPS) is 19.5. The molecule has 1 aliphatic rings. The van der Waals surface area contributed by atoms with Gasteiger partial charge in [-0.15, -0.1) is 0 Å². The van der Waals surface area contributed by atoms with Crippen LogP contribution in [-0.4, -0.2) is 30.1 Å². The monoisotopic (exact) mass is 198 g/mol. The van der Waals surface area contributed by atoms with Gasteiger partial charge in [0.2, 0.25) is 0 Å². The maximum Gasteiger partial charge on any atom is 0.0275 e. The molecule has 0 aliphatic heterocycles. The lowest BCUT2D eigenvalue weighted by Crippen LogP contribution is -2.50. The van der Waals surface area contributed by atoms with Crippen molar-refractivity contribution in [2.24, 2.45) is 11.7 Å². The van der Waals surface area contributed by atoms with Gasteiger partial charge >= 0.3 is 0 Å². The Bertz CT molecular complexity index is 160. The molecule has 0 unspecified atom stereocenters. The van der Waals surface area contributed by atoms with E-state index in [9.17, 15) is 0 Å². The quantitative estimate of drug-likeness (QED) is 0.734. The topological polar surface area (TPSA) is 29.3 Å². The molecule has 0 amide bonds. The molecular weight excluding hydrogens is 172 g/mol. The number of hydrogen-bond donors (Lipinski definition) is 1. The number of likely N-dealkylation sites (N-methyl/N-ethyl adjacent to an activating group) is 1. The van der Waals surface area contributed by atoms with Crippen LogP contribution in [0.3, 0.4) is 0 Å². The van der Waals surface area contributed by atoms with Crippen molar-refractivity contribution in [2.75, 3.05) is 19.6 Å². The van der Waals surface area contributed by atoms with Crippen molar-refractivity contribution in [3.05, 3.63) is 0 Å². The minimum absolute atomic E-state index is 0.178. The van der Waals surface area contributed by atoms with Crippen molar-refractivity contribution in [1.82, 2.24) is 4.90 Å². The zero-order valence-corrected chi connectivity index (χ0v) is 10.1. The average molecular weight is 198 g/mol. The summed E-state index contributed by atoms with van der Waals surface area (Å²) in [5.74, 6) is 0.931. The van der Waals surface area contributed by atoms with Gasteiger partial charge in [-0.05, 0) is 39.2 Å².